The molecule has 0 spiro atoms. The molecule has 0 radical (unpaired) electrons. The Balaban J connectivity index is 1.19. The van der Waals surface area contributed by atoms with Crippen LogP contribution < -0.4 is 14.2 Å². The number of rotatable bonds is 9. The second kappa shape index (κ2) is 12.6. The number of hydrogen-bond acceptors (Lipinski definition) is 5. The smallest absolute Gasteiger partial charge is 0.126 e. The van der Waals surface area contributed by atoms with Crippen LogP contribution in [-0.4, -0.2) is 62.8 Å². The number of ether oxygens (including phenoxy) is 3. The highest BCUT2D eigenvalue weighted by Crippen LogP contribution is 2.47. The zero-order valence-corrected chi connectivity index (χ0v) is 23.2. The highest BCUT2D eigenvalue weighted by Gasteiger charge is 2.33. The van der Waals surface area contributed by atoms with Crippen LogP contribution in [0.2, 0.25) is 0 Å². The summed E-state index contributed by atoms with van der Waals surface area (Å²) in [6.07, 6.45) is 0. The molecular formula is C35H38N2O3. The molecule has 40 heavy (non-hydrogen) atoms. The number of fused-ring (bicyclic) bond motifs is 1. The van der Waals surface area contributed by atoms with Gasteiger partial charge in [-0.2, -0.15) is 0 Å². The fraction of sp³-hybridized carbons (Fsp3) is 0.314. The molecule has 5 nitrogen and oxygen atoms in total. The van der Waals surface area contributed by atoms with Gasteiger partial charge in [0.05, 0.1) is 6.61 Å². The molecule has 6 rings (SSSR count). The van der Waals surface area contributed by atoms with Crippen molar-refractivity contribution in [1.29, 1.82) is 0 Å². The molecule has 0 bridgehead atoms. The fourth-order valence-electron chi connectivity index (χ4n) is 5.76. The third-order valence-corrected chi connectivity index (χ3v) is 8.13. The summed E-state index contributed by atoms with van der Waals surface area (Å²) in [6.45, 7) is 7.31. The van der Waals surface area contributed by atoms with Crippen molar-refractivity contribution in [1.82, 2.24) is 9.80 Å². The zero-order valence-electron chi connectivity index (χ0n) is 23.2. The predicted octanol–water partition coefficient (Wildman–Crippen LogP) is 6.20. The lowest BCUT2D eigenvalue weighted by atomic mass is 9.76. The van der Waals surface area contributed by atoms with Gasteiger partial charge in [-0.15, -0.1) is 0 Å². The van der Waals surface area contributed by atoms with E-state index in [-0.39, 0.29) is 11.8 Å². The van der Waals surface area contributed by atoms with Gasteiger partial charge >= 0.3 is 0 Å². The summed E-state index contributed by atoms with van der Waals surface area (Å²) >= 11 is 0. The van der Waals surface area contributed by atoms with Crippen LogP contribution in [0.5, 0.6) is 17.2 Å². The number of likely N-dealkylation sites (N-methyl/N-ethyl adjacent to an activating group) is 1. The Bertz CT molecular complexity index is 1350. The first-order valence-electron chi connectivity index (χ1n) is 14.3. The number of nitrogens with zero attached hydrogens (tertiary/aromatic N) is 2. The first-order valence-corrected chi connectivity index (χ1v) is 14.3. The third-order valence-electron chi connectivity index (χ3n) is 8.13. The highest BCUT2D eigenvalue weighted by atomic mass is 16.5. The molecule has 0 N–H and O–H groups in total. The predicted molar refractivity (Wildman–Crippen MR) is 160 cm³/mol. The van der Waals surface area contributed by atoms with Crippen molar-refractivity contribution >= 4 is 0 Å². The monoisotopic (exact) mass is 534 g/mol. The normalized spacial score (nSPS) is 19.4. The van der Waals surface area contributed by atoms with E-state index in [0.29, 0.717) is 19.8 Å². The fourth-order valence-corrected chi connectivity index (χ4v) is 5.76. The van der Waals surface area contributed by atoms with Gasteiger partial charge in [0.1, 0.15) is 30.5 Å². The van der Waals surface area contributed by atoms with E-state index in [1.165, 1.54) is 16.7 Å². The van der Waals surface area contributed by atoms with Crippen molar-refractivity contribution in [2.24, 2.45) is 0 Å². The van der Waals surface area contributed by atoms with Crippen LogP contribution in [0.1, 0.15) is 34.1 Å². The van der Waals surface area contributed by atoms with Crippen LogP contribution in [0.3, 0.4) is 0 Å². The number of piperazine rings is 1. The van der Waals surface area contributed by atoms with Gasteiger partial charge in [-0.3, -0.25) is 4.90 Å². The minimum absolute atomic E-state index is 0.175. The summed E-state index contributed by atoms with van der Waals surface area (Å²) in [6, 6.07) is 35.9. The Kier molecular flexibility index (Phi) is 8.31. The molecule has 5 heteroatoms. The average Bonchev–Trinajstić information content (AvgIpc) is 3.02. The van der Waals surface area contributed by atoms with Gasteiger partial charge in [0.15, 0.2) is 0 Å². The molecule has 0 aliphatic carbocycles. The quantitative estimate of drug-likeness (QED) is 0.255. The van der Waals surface area contributed by atoms with Gasteiger partial charge in [0.25, 0.3) is 0 Å². The molecule has 0 aromatic heterocycles. The average molecular weight is 535 g/mol. The van der Waals surface area contributed by atoms with E-state index in [9.17, 15) is 0 Å². The number of benzene rings is 4. The molecule has 4 aromatic carbocycles. The molecular weight excluding hydrogens is 496 g/mol. The van der Waals surface area contributed by atoms with Gasteiger partial charge in [-0.25, -0.2) is 0 Å². The van der Waals surface area contributed by atoms with Crippen molar-refractivity contribution in [3.8, 4) is 17.2 Å². The summed E-state index contributed by atoms with van der Waals surface area (Å²) in [7, 11) is 2.19. The van der Waals surface area contributed by atoms with E-state index >= 15 is 0 Å². The first kappa shape index (κ1) is 26.4. The maximum atomic E-state index is 6.36. The Morgan fingerprint density at radius 3 is 2.17 bits per heavy atom. The lowest BCUT2D eigenvalue weighted by Gasteiger charge is -2.35. The molecule has 0 saturated carbocycles. The molecule has 4 aromatic rings. The van der Waals surface area contributed by atoms with Crippen LogP contribution in [0.4, 0.5) is 0 Å². The van der Waals surface area contributed by atoms with E-state index in [1.54, 1.807) is 0 Å². The summed E-state index contributed by atoms with van der Waals surface area (Å²) in [4.78, 5) is 4.86. The van der Waals surface area contributed by atoms with Crippen LogP contribution in [0.25, 0.3) is 0 Å². The third kappa shape index (κ3) is 6.33. The summed E-state index contributed by atoms with van der Waals surface area (Å²) in [5, 5.41) is 0. The van der Waals surface area contributed by atoms with Gasteiger partial charge in [0, 0.05) is 56.2 Å². The second-order valence-corrected chi connectivity index (χ2v) is 10.8. The van der Waals surface area contributed by atoms with Crippen molar-refractivity contribution in [3.05, 3.63) is 125 Å². The molecule has 2 atom stereocenters. The van der Waals surface area contributed by atoms with Crippen molar-refractivity contribution < 1.29 is 14.2 Å². The minimum Gasteiger partial charge on any atom is -0.492 e. The van der Waals surface area contributed by atoms with E-state index in [0.717, 1.165) is 55.5 Å². The van der Waals surface area contributed by atoms with Crippen LogP contribution >= 0.6 is 0 Å². The maximum absolute atomic E-state index is 6.36. The lowest BCUT2D eigenvalue weighted by Crippen LogP contribution is -2.45. The topological polar surface area (TPSA) is 34.2 Å². The molecule has 0 amide bonds. The molecule has 1 fully saturated rings. The van der Waals surface area contributed by atoms with Gasteiger partial charge in [-0.05, 0) is 41.9 Å². The highest BCUT2D eigenvalue weighted by molar-refractivity contribution is 5.51. The largest absolute Gasteiger partial charge is 0.492 e. The standard InChI is InChI=1S/C35H38N2O3/c1-36-18-20-37(21-19-36)22-23-38-30-14-12-29(13-15-30)35-32-17-16-31(39-25-27-8-4-2-5-9-27)24-34(32)40-26-33(35)28-10-6-3-7-11-28/h2-17,24,33,35H,18-23,25-26H2,1H3. The van der Waals surface area contributed by atoms with Gasteiger partial charge < -0.3 is 19.1 Å². The van der Waals surface area contributed by atoms with E-state index in [2.05, 4.69) is 95.7 Å². The lowest BCUT2D eigenvalue weighted by molar-refractivity contribution is 0.133. The summed E-state index contributed by atoms with van der Waals surface area (Å²) in [5.41, 5.74) is 4.89. The van der Waals surface area contributed by atoms with Crippen LogP contribution in [-0.2, 0) is 6.61 Å². The van der Waals surface area contributed by atoms with Crippen LogP contribution in [0, 0.1) is 0 Å². The minimum atomic E-state index is 0.175. The zero-order chi connectivity index (χ0) is 27.1. The Morgan fingerprint density at radius 2 is 1.43 bits per heavy atom. The van der Waals surface area contributed by atoms with Gasteiger partial charge in [0.2, 0.25) is 0 Å². The van der Waals surface area contributed by atoms with Crippen LogP contribution in [0.15, 0.2) is 103 Å². The maximum Gasteiger partial charge on any atom is 0.126 e. The summed E-state index contributed by atoms with van der Waals surface area (Å²) in [5.74, 6) is 3.03. The van der Waals surface area contributed by atoms with Crippen molar-refractivity contribution in [3.63, 3.8) is 0 Å². The SMILES string of the molecule is CN1CCN(CCOc2ccc(C3c4ccc(OCc5ccccc5)cc4OCC3c3ccccc3)cc2)CC1. The molecule has 2 aliphatic rings. The Labute approximate surface area is 237 Å². The Hall–Kier alpha value is -3.80. The first-order chi connectivity index (χ1) is 19.7. The molecule has 206 valence electrons. The Morgan fingerprint density at radius 1 is 0.725 bits per heavy atom. The molecule has 2 unspecified atom stereocenters. The molecule has 2 heterocycles. The van der Waals surface area contributed by atoms with Gasteiger partial charge in [-0.1, -0.05) is 78.9 Å². The van der Waals surface area contributed by atoms with E-state index in [4.69, 9.17) is 14.2 Å². The summed E-state index contributed by atoms with van der Waals surface area (Å²) < 4.78 is 18.6. The number of hydrogen-bond donors (Lipinski definition) is 0. The molecule has 2 aliphatic heterocycles. The second-order valence-electron chi connectivity index (χ2n) is 10.8. The van der Waals surface area contributed by atoms with E-state index < -0.39 is 0 Å². The molecule has 1 saturated heterocycles. The van der Waals surface area contributed by atoms with E-state index in [1.807, 2.05) is 24.3 Å². The van der Waals surface area contributed by atoms with Crippen molar-refractivity contribution in [2.75, 3.05) is 53.0 Å². The van der Waals surface area contributed by atoms with Crippen molar-refractivity contribution in [2.45, 2.75) is 18.4 Å².